The van der Waals surface area contributed by atoms with Crippen molar-refractivity contribution < 1.29 is 9.59 Å². The van der Waals surface area contributed by atoms with Crippen molar-refractivity contribution in [3.05, 3.63) is 53.3 Å². The van der Waals surface area contributed by atoms with Gasteiger partial charge in [0.1, 0.15) is 0 Å². The molecule has 0 saturated carbocycles. The van der Waals surface area contributed by atoms with Gasteiger partial charge in [-0.05, 0) is 50.2 Å². The van der Waals surface area contributed by atoms with Gasteiger partial charge in [-0.2, -0.15) is 0 Å². The fraction of sp³-hybridized carbons (Fsp3) is 0.222. The summed E-state index contributed by atoms with van der Waals surface area (Å²) < 4.78 is 1.87. The van der Waals surface area contributed by atoms with Crippen molar-refractivity contribution in [2.75, 3.05) is 11.9 Å². The number of amides is 2. The number of anilines is 1. The Labute approximate surface area is 150 Å². The molecule has 0 aliphatic heterocycles. The van der Waals surface area contributed by atoms with E-state index in [1.165, 1.54) is 0 Å². The molecular formula is C18H20N6O2. The van der Waals surface area contributed by atoms with Gasteiger partial charge in [0.05, 0.1) is 16.6 Å². The van der Waals surface area contributed by atoms with E-state index in [9.17, 15) is 9.59 Å². The molecule has 3 aromatic rings. The zero-order valence-corrected chi connectivity index (χ0v) is 14.4. The molecule has 0 radical (unpaired) electrons. The molecule has 0 unspecified atom stereocenters. The molecule has 0 aliphatic rings. The standard InChI is InChI=1S/C18H20N6O2/c1-11-13(4-2-8-21-11)17(26)23-18-22-14-10-12(16(20)25)5-6-15(14)24(18)9-3-7-19/h2,4-6,8,10H,3,7,9,19H2,1H3,(H2,20,25)(H,22,23,26). The second kappa shape index (κ2) is 7.32. The van der Waals surface area contributed by atoms with Crippen molar-refractivity contribution in [1.82, 2.24) is 14.5 Å². The number of fused-ring (bicyclic) bond motifs is 1. The fourth-order valence-electron chi connectivity index (χ4n) is 2.75. The average Bonchev–Trinajstić information content (AvgIpc) is 2.96. The quantitative estimate of drug-likeness (QED) is 0.618. The number of pyridine rings is 1. The van der Waals surface area contributed by atoms with E-state index in [-0.39, 0.29) is 5.91 Å². The zero-order valence-electron chi connectivity index (χ0n) is 14.4. The zero-order chi connectivity index (χ0) is 18.7. The lowest BCUT2D eigenvalue weighted by atomic mass is 10.2. The number of carbonyl (C=O) groups excluding carboxylic acids is 2. The molecule has 0 saturated heterocycles. The highest BCUT2D eigenvalue weighted by Gasteiger charge is 2.16. The van der Waals surface area contributed by atoms with Gasteiger partial charge >= 0.3 is 0 Å². The Morgan fingerprint density at radius 3 is 2.77 bits per heavy atom. The normalized spacial score (nSPS) is 10.8. The molecule has 8 heteroatoms. The maximum atomic E-state index is 12.6. The highest BCUT2D eigenvalue weighted by molar-refractivity contribution is 6.05. The van der Waals surface area contributed by atoms with Crippen molar-refractivity contribution >= 4 is 28.8 Å². The summed E-state index contributed by atoms with van der Waals surface area (Å²) in [5, 5.41) is 2.83. The molecular weight excluding hydrogens is 332 g/mol. The first-order valence-electron chi connectivity index (χ1n) is 8.24. The number of nitrogens with zero attached hydrogens (tertiary/aromatic N) is 3. The van der Waals surface area contributed by atoms with E-state index in [2.05, 4.69) is 15.3 Å². The molecule has 8 nitrogen and oxygen atoms in total. The van der Waals surface area contributed by atoms with E-state index < -0.39 is 5.91 Å². The Balaban J connectivity index is 2.01. The first-order chi connectivity index (χ1) is 12.5. The van der Waals surface area contributed by atoms with Crippen LogP contribution < -0.4 is 16.8 Å². The Kier molecular flexibility index (Phi) is 4.94. The van der Waals surface area contributed by atoms with Crippen LogP contribution in [0.1, 0.15) is 32.8 Å². The molecule has 2 aromatic heterocycles. The lowest BCUT2D eigenvalue weighted by Crippen LogP contribution is -2.18. The van der Waals surface area contributed by atoms with E-state index in [1.54, 1.807) is 43.5 Å². The molecule has 0 aliphatic carbocycles. The lowest BCUT2D eigenvalue weighted by Gasteiger charge is -2.10. The van der Waals surface area contributed by atoms with Gasteiger partial charge in [-0.25, -0.2) is 4.98 Å². The third kappa shape index (κ3) is 3.40. The van der Waals surface area contributed by atoms with Gasteiger partial charge in [-0.3, -0.25) is 19.9 Å². The van der Waals surface area contributed by atoms with E-state index >= 15 is 0 Å². The molecule has 0 spiro atoms. The highest BCUT2D eigenvalue weighted by atomic mass is 16.2. The number of imidazole rings is 1. The van der Waals surface area contributed by atoms with Crippen LogP contribution in [0.4, 0.5) is 5.95 Å². The average molecular weight is 352 g/mol. The Morgan fingerprint density at radius 1 is 1.27 bits per heavy atom. The largest absolute Gasteiger partial charge is 0.366 e. The van der Waals surface area contributed by atoms with Crippen LogP contribution in [-0.4, -0.2) is 32.9 Å². The summed E-state index contributed by atoms with van der Waals surface area (Å²) in [4.78, 5) is 32.6. The topological polar surface area (TPSA) is 129 Å². The maximum Gasteiger partial charge on any atom is 0.259 e. The second-order valence-corrected chi connectivity index (χ2v) is 5.89. The second-order valence-electron chi connectivity index (χ2n) is 5.89. The van der Waals surface area contributed by atoms with Gasteiger partial charge in [0.25, 0.3) is 5.91 Å². The third-order valence-corrected chi connectivity index (χ3v) is 4.10. The summed E-state index contributed by atoms with van der Waals surface area (Å²) in [6.07, 6.45) is 2.35. The molecule has 0 bridgehead atoms. The minimum absolute atomic E-state index is 0.296. The Bertz CT molecular complexity index is 979. The number of nitrogens with one attached hydrogen (secondary N) is 1. The van der Waals surface area contributed by atoms with E-state index in [1.807, 2.05) is 4.57 Å². The minimum Gasteiger partial charge on any atom is -0.366 e. The Hall–Kier alpha value is -3.26. The van der Waals surface area contributed by atoms with Crippen LogP contribution >= 0.6 is 0 Å². The number of primary amides is 1. The first kappa shape index (κ1) is 17.6. The van der Waals surface area contributed by atoms with Gasteiger partial charge in [-0.1, -0.05) is 0 Å². The summed E-state index contributed by atoms with van der Waals surface area (Å²) in [5.74, 6) is -0.432. The first-order valence-corrected chi connectivity index (χ1v) is 8.24. The molecule has 26 heavy (non-hydrogen) atoms. The molecule has 1 aromatic carbocycles. The number of hydrogen-bond donors (Lipinski definition) is 3. The van der Waals surface area contributed by atoms with Crippen molar-refractivity contribution in [2.45, 2.75) is 19.9 Å². The number of carbonyl (C=O) groups is 2. The Morgan fingerprint density at radius 2 is 2.08 bits per heavy atom. The number of hydrogen-bond acceptors (Lipinski definition) is 5. The van der Waals surface area contributed by atoms with Crippen molar-refractivity contribution in [3.63, 3.8) is 0 Å². The van der Waals surface area contributed by atoms with Crippen molar-refractivity contribution in [2.24, 2.45) is 11.5 Å². The predicted octanol–water partition coefficient (Wildman–Crippen LogP) is 1.44. The molecule has 3 rings (SSSR count). The van der Waals surface area contributed by atoms with Crippen LogP contribution in [0.25, 0.3) is 11.0 Å². The lowest BCUT2D eigenvalue weighted by molar-refractivity contribution is 0.0997. The van der Waals surface area contributed by atoms with Crippen molar-refractivity contribution in [3.8, 4) is 0 Å². The smallest absolute Gasteiger partial charge is 0.259 e. The summed E-state index contributed by atoms with van der Waals surface area (Å²) in [6, 6.07) is 8.43. The van der Waals surface area contributed by atoms with Crippen LogP contribution in [-0.2, 0) is 6.54 Å². The summed E-state index contributed by atoms with van der Waals surface area (Å²) >= 11 is 0. The fourth-order valence-corrected chi connectivity index (χ4v) is 2.75. The number of rotatable bonds is 6. The van der Waals surface area contributed by atoms with Gasteiger partial charge in [0.15, 0.2) is 0 Å². The van der Waals surface area contributed by atoms with Crippen LogP contribution in [0, 0.1) is 6.92 Å². The van der Waals surface area contributed by atoms with E-state index in [0.29, 0.717) is 41.4 Å². The van der Waals surface area contributed by atoms with Gasteiger partial charge in [0.2, 0.25) is 11.9 Å². The van der Waals surface area contributed by atoms with E-state index in [4.69, 9.17) is 11.5 Å². The van der Waals surface area contributed by atoms with Gasteiger partial charge in [-0.15, -0.1) is 0 Å². The highest BCUT2D eigenvalue weighted by Crippen LogP contribution is 2.22. The summed E-state index contributed by atoms with van der Waals surface area (Å²) in [5.41, 5.74) is 13.8. The maximum absolute atomic E-state index is 12.6. The van der Waals surface area contributed by atoms with E-state index in [0.717, 1.165) is 11.9 Å². The summed E-state index contributed by atoms with van der Waals surface area (Å²) in [6.45, 7) is 2.87. The van der Waals surface area contributed by atoms with Crippen LogP contribution in [0.3, 0.4) is 0 Å². The molecule has 5 N–H and O–H groups in total. The number of aromatic nitrogens is 3. The minimum atomic E-state index is -0.528. The SMILES string of the molecule is Cc1ncccc1C(=O)Nc1nc2cc(C(N)=O)ccc2n1CCCN. The van der Waals surface area contributed by atoms with Gasteiger partial charge < -0.3 is 16.0 Å². The number of benzene rings is 1. The predicted molar refractivity (Wildman–Crippen MR) is 98.8 cm³/mol. The van der Waals surface area contributed by atoms with Gasteiger partial charge in [0, 0.05) is 24.0 Å². The monoisotopic (exact) mass is 352 g/mol. The van der Waals surface area contributed by atoms with Crippen LogP contribution in [0.5, 0.6) is 0 Å². The van der Waals surface area contributed by atoms with Crippen LogP contribution in [0.15, 0.2) is 36.5 Å². The number of nitrogens with two attached hydrogens (primary N) is 2. The summed E-state index contributed by atoms with van der Waals surface area (Å²) in [7, 11) is 0. The van der Waals surface area contributed by atoms with Crippen molar-refractivity contribution in [1.29, 1.82) is 0 Å². The molecule has 0 fully saturated rings. The third-order valence-electron chi connectivity index (χ3n) is 4.10. The molecule has 2 amide bonds. The number of aryl methyl sites for hydroxylation is 2. The molecule has 134 valence electrons. The molecule has 0 atom stereocenters. The van der Waals surface area contributed by atoms with Crippen LogP contribution in [0.2, 0.25) is 0 Å². The molecule has 2 heterocycles.